The van der Waals surface area contributed by atoms with Crippen LogP contribution in [0, 0.1) is 0 Å². The largest absolute Gasteiger partial charge is 0.497 e. The standard InChI is InChI=1S/C26H18BrN3O4S/c1-33-17-9-10-21-23(12-17)35-26(29-21)30-24(31)14-34-25(32)19-13-22(15-5-4-6-16(27)11-15)28-20-8-3-2-7-18(19)20/h2-13H,14H2,1H3,(H,29,30,31). The minimum Gasteiger partial charge on any atom is -0.497 e. The van der Waals surface area contributed by atoms with E-state index in [9.17, 15) is 9.59 Å². The number of anilines is 1. The van der Waals surface area contributed by atoms with E-state index in [4.69, 9.17) is 14.5 Å². The molecule has 0 unspecified atom stereocenters. The van der Waals surface area contributed by atoms with Gasteiger partial charge in [0.05, 0.1) is 34.1 Å². The van der Waals surface area contributed by atoms with Crippen LogP contribution in [0.25, 0.3) is 32.4 Å². The van der Waals surface area contributed by atoms with Gasteiger partial charge in [-0.3, -0.25) is 10.1 Å². The van der Waals surface area contributed by atoms with Crippen LogP contribution in [0.15, 0.2) is 77.3 Å². The normalized spacial score (nSPS) is 10.9. The fraction of sp³-hybridized carbons (Fsp3) is 0.0769. The lowest BCUT2D eigenvalue weighted by atomic mass is 10.0. The maximum absolute atomic E-state index is 13.0. The lowest BCUT2D eigenvalue weighted by Crippen LogP contribution is -2.21. The van der Waals surface area contributed by atoms with E-state index in [1.54, 1.807) is 25.3 Å². The molecule has 0 bridgehead atoms. The Hall–Kier alpha value is -3.82. The number of carbonyl (C=O) groups is 2. The number of hydrogen-bond acceptors (Lipinski definition) is 7. The Morgan fingerprint density at radius 1 is 0.971 bits per heavy atom. The highest BCUT2D eigenvalue weighted by Crippen LogP contribution is 2.29. The van der Waals surface area contributed by atoms with Crippen molar-refractivity contribution >= 4 is 65.4 Å². The van der Waals surface area contributed by atoms with E-state index in [-0.39, 0.29) is 0 Å². The average Bonchev–Trinajstić information content (AvgIpc) is 3.27. The molecule has 1 amide bonds. The number of ether oxygens (including phenoxy) is 2. The Bertz CT molecular complexity index is 1580. The van der Waals surface area contributed by atoms with Gasteiger partial charge in [-0.05, 0) is 42.5 Å². The molecule has 0 aliphatic rings. The van der Waals surface area contributed by atoms with E-state index in [2.05, 4.69) is 26.2 Å². The van der Waals surface area contributed by atoms with Gasteiger partial charge in [0.2, 0.25) is 0 Å². The van der Waals surface area contributed by atoms with Crippen molar-refractivity contribution in [3.63, 3.8) is 0 Å². The number of thiazole rings is 1. The molecule has 0 saturated heterocycles. The first-order valence-corrected chi connectivity index (χ1v) is 12.2. The lowest BCUT2D eigenvalue weighted by Gasteiger charge is -2.10. The van der Waals surface area contributed by atoms with Crippen LogP contribution >= 0.6 is 27.3 Å². The van der Waals surface area contributed by atoms with Gasteiger partial charge >= 0.3 is 5.97 Å². The second kappa shape index (κ2) is 9.81. The summed E-state index contributed by atoms with van der Waals surface area (Å²) in [4.78, 5) is 34.6. The van der Waals surface area contributed by atoms with Crippen molar-refractivity contribution in [2.75, 3.05) is 19.0 Å². The van der Waals surface area contributed by atoms with Crippen LogP contribution in [0.2, 0.25) is 0 Å². The molecule has 2 heterocycles. The van der Waals surface area contributed by atoms with Crippen molar-refractivity contribution in [3.8, 4) is 17.0 Å². The van der Waals surface area contributed by atoms with E-state index < -0.39 is 18.5 Å². The second-order valence-corrected chi connectivity index (χ2v) is 9.51. The molecule has 5 rings (SSSR count). The third-order valence-electron chi connectivity index (χ3n) is 5.23. The van der Waals surface area contributed by atoms with Crippen molar-refractivity contribution in [1.29, 1.82) is 0 Å². The summed E-state index contributed by atoms with van der Waals surface area (Å²) in [5.41, 5.74) is 3.22. The highest BCUT2D eigenvalue weighted by Gasteiger charge is 2.17. The topological polar surface area (TPSA) is 90.4 Å². The number of nitrogens with zero attached hydrogens (tertiary/aromatic N) is 2. The van der Waals surface area contributed by atoms with Crippen molar-refractivity contribution < 1.29 is 19.1 Å². The first kappa shape index (κ1) is 22.9. The van der Waals surface area contributed by atoms with E-state index in [1.807, 2.05) is 54.6 Å². The van der Waals surface area contributed by atoms with Gasteiger partial charge < -0.3 is 9.47 Å². The van der Waals surface area contributed by atoms with Crippen LogP contribution in [0.4, 0.5) is 5.13 Å². The first-order valence-electron chi connectivity index (χ1n) is 10.6. The molecule has 35 heavy (non-hydrogen) atoms. The van der Waals surface area contributed by atoms with Crippen molar-refractivity contribution in [2.24, 2.45) is 0 Å². The zero-order valence-electron chi connectivity index (χ0n) is 18.4. The van der Waals surface area contributed by atoms with Gasteiger partial charge in [0.1, 0.15) is 5.75 Å². The molecule has 3 aromatic carbocycles. The van der Waals surface area contributed by atoms with Crippen LogP contribution in [-0.2, 0) is 9.53 Å². The summed E-state index contributed by atoms with van der Waals surface area (Å²) < 4.78 is 12.4. The summed E-state index contributed by atoms with van der Waals surface area (Å²) in [7, 11) is 1.59. The number of benzene rings is 3. The molecule has 9 heteroatoms. The monoisotopic (exact) mass is 547 g/mol. The second-order valence-electron chi connectivity index (χ2n) is 7.56. The molecule has 0 radical (unpaired) electrons. The molecule has 174 valence electrons. The lowest BCUT2D eigenvalue weighted by molar-refractivity contribution is -0.119. The van der Waals surface area contributed by atoms with Crippen LogP contribution in [0.5, 0.6) is 5.75 Å². The molecule has 0 aliphatic heterocycles. The smallest absolute Gasteiger partial charge is 0.339 e. The van der Waals surface area contributed by atoms with Gasteiger partial charge in [-0.25, -0.2) is 14.8 Å². The highest BCUT2D eigenvalue weighted by atomic mass is 79.9. The number of fused-ring (bicyclic) bond motifs is 2. The van der Waals surface area contributed by atoms with Gasteiger partial charge in [0.25, 0.3) is 5.91 Å². The van der Waals surface area contributed by atoms with Gasteiger partial charge in [-0.15, -0.1) is 0 Å². The predicted octanol–water partition coefficient (Wildman–Crippen LogP) is 6.08. The maximum Gasteiger partial charge on any atom is 0.339 e. The van der Waals surface area contributed by atoms with Crippen molar-refractivity contribution in [2.45, 2.75) is 0 Å². The molecule has 1 N–H and O–H groups in total. The minimum atomic E-state index is -0.607. The number of carbonyl (C=O) groups excluding carboxylic acids is 2. The van der Waals surface area contributed by atoms with Crippen molar-refractivity contribution in [1.82, 2.24) is 9.97 Å². The molecule has 0 saturated carbocycles. The fourth-order valence-corrected chi connectivity index (χ4v) is 4.90. The van der Waals surface area contributed by atoms with Crippen LogP contribution in [0.3, 0.4) is 0 Å². The Balaban J connectivity index is 1.34. The van der Waals surface area contributed by atoms with Gasteiger partial charge in [-0.1, -0.05) is 57.6 Å². The number of hydrogen-bond donors (Lipinski definition) is 1. The molecule has 0 spiro atoms. The van der Waals surface area contributed by atoms with E-state index in [0.29, 0.717) is 33.0 Å². The van der Waals surface area contributed by atoms with E-state index in [0.717, 1.165) is 20.3 Å². The molecule has 2 aromatic heterocycles. The number of rotatable bonds is 6. The van der Waals surface area contributed by atoms with Crippen LogP contribution < -0.4 is 10.1 Å². The van der Waals surface area contributed by atoms with E-state index in [1.165, 1.54) is 11.3 Å². The Labute approximate surface area is 212 Å². The third kappa shape index (κ3) is 5.01. The number of pyridine rings is 1. The molecular weight excluding hydrogens is 530 g/mol. The summed E-state index contributed by atoms with van der Waals surface area (Å²) in [6.07, 6.45) is 0. The number of nitrogens with one attached hydrogen (secondary N) is 1. The zero-order chi connectivity index (χ0) is 24.4. The molecule has 0 aliphatic carbocycles. The molecule has 7 nitrogen and oxygen atoms in total. The summed E-state index contributed by atoms with van der Waals surface area (Å²) in [6, 6.07) is 22.1. The number of methoxy groups -OCH3 is 1. The average molecular weight is 548 g/mol. The zero-order valence-corrected chi connectivity index (χ0v) is 20.9. The Kier molecular flexibility index (Phi) is 6.43. The van der Waals surface area contributed by atoms with Gasteiger partial charge in [0.15, 0.2) is 11.7 Å². The first-order chi connectivity index (χ1) is 17.0. The van der Waals surface area contributed by atoms with Gasteiger partial charge in [-0.2, -0.15) is 0 Å². The number of aromatic nitrogens is 2. The molecular formula is C26H18BrN3O4S. The fourth-order valence-electron chi connectivity index (χ4n) is 3.59. The summed E-state index contributed by atoms with van der Waals surface area (Å²) >= 11 is 4.78. The SMILES string of the molecule is COc1ccc2nc(NC(=O)COC(=O)c3cc(-c4cccc(Br)c4)nc4ccccc34)sc2c1. The third-order valence-corrected chi connectivity index (χ3v) is 6.66. The predicted molar refractivity (Wildman–Crippen MR) is 140 cm³/mol. The van der Waals surface area contributed by atoms with Crippen molar-refractivity contribution in [3.05, 3.63) is 82.8 Å². The molecule has 0 atom stereocenters. The summed E-state index contributed by atoms with van der Waals surface area (Å²) in [5, 5.41) is 3.76. The number of halogens is 1. The van der Waals surface area contributed by atoms with Gasteiger partial charge in [0, 0.05) is 15.4 Å². The number of esters is 1. The molecule has 5 aromatic rings. The summed E-state index contributed by atoms with van der Waals surface area (Å²) in [5.74, 6) is -0.376. The van der Waals surface area contributed by atoms with Crippen LogP contribution in [0.1, 0.15) is 10.4 Å². The number of amides is 1. The molecule has 0 fully saturated rings. The summed E-state index contributed by atoms with van der Waals surface area (Å²) in [6.45, 7) is -0.444. The Morgan fingerprint density at radius 3 is 2.66 bits per heavy atom. The quantitative estimate of drug-likeness (QED) is 0.259. The van der Waals surface area contributed by atoms with E-state index >= 15 is 0 Å². The minimum absolute atomic E-state index is 0.338. The Morgan fingerprint density at radius 2 is 1.83 bits per heavy atom. The van der Waals surface area contributed by atoms with Crippen LogP contribution in [-0.4, -0.2) is 35.6 Å². The number of para-hydroxylation sites is 1. The maximum atomic E-state index is 13.0. The highest BCUT2D eigenvalue weighted by molar-refractivity contribution is 9.10.